The molecule has 0 bridgehead atoms. The van der Waals surface area contributed by atoms with Gasteiger partial charge in [0.2, 0.25) is 5.88 Å². The van der Waals surface area contributed by atoms with Crippen molar-refractivity contribution >= 4 is 31.8 Å². The van der Waals surface area contributed by atoms with Gasteiger partial charge in [0.25, 0.3) is 10.0 Å². The third-order valence-electron chi connectivity index (χ3n) is 2.25. The molecule has 2 aromatic rings. The Morgan fingerprint density at radius 1 is 1.33 bits per heavy atom. The lowest BCUT2D eigenvalue weighted by Crippen LogP contribution is -2.12. The first kappa shape index (κ1) is 13.1. The first-order valence-corrected chi connectivity index (χ1v) is 7.73. The maximum absolute atomic E-state index is 12.0. The zero-order valence-corrected chi connectivity index (χ0v) is 12.0. The molecule has 0 aliphatic carbocycles. The molecule has 7 heteroatoms. The number of hydrogen-bond acceptors (Lipinski definition) is 4. The van der Waals surface area contributed by atoms with Gasteiger partial charge in [-0.1, -0.05) is 33.2 Å². The molecule has 2 rings (SSSR count). The van der Waals surface area contributed by atoms with E-state index in [9.17, 15) is 8.42 Å². The van der Waals surface area contributed by atoms with E-state index in [1.54, 1.807) is 31.2 Å². The van der Waals surface area contributed by atoms with Gasteiger partial charge in [0.05, 0.1) is 10.6 Å². The number of benzene rings is 1. The van der Waals surface area contributed by atoms with Gasteiger partial charge in [-0.05, 0) is 24.6 Å². The monoisotopic (exact) mass is 330 g/mol. The number of alkyl halides is 1. The summed E-state index contributed by atoms with van der Waals surface area (Å²) in [7, 11) is -3.62. The molecule has 0 atom stereocenters. The van der Waals surface area contributed by atoms with Crippen molar-refractivity contribution in [2.45, 2.75) is 17.1 Å². The van der Waals surface area contributed by atoms with Crippen molar-refractivity contribution in [2.24, 2.45) is 0 Å². The summed E-state index contributed by atoms with van der Waals surface area (Å²) in [6.07, 6.45) is 0. The number of aryl methyl sites for hydroxylation is 1. The van der Waals surface area contributed by atoms with Gasteiger partial charge in [-0.3, -0.25) is 0 Å². The number of halogens is 1. The fourth-order valence-corrected chi connectivity index (χ4v) is 2.71. The SMILES string of the molecule is Cc1cc(NS(=O)(=O)c2ccc(CBr)cc2)on1. The Labute approximate surface area is 113 Å². The fraction of sp³-hybridized carbons (Fsp3) is 0.182. The minimum Gasteiger partial charge on any atom is -0.338 e. The van der Waals surface area contributed by atoms with Gasteiger partial charge in [0.1, 0.15) is 0 Å². The number of nitrogens with one attached hydrogen (secondary N) is 1. The van der Waals surface area contributed by atoms with E-state index in [0.717, 1.165) is 5.56 Å². The topological polar surface area (TPSA) is 72.2 Å². The predicted octanol–water partition coefficient (Wildman–Crippen LogP) is 2.68. The quantitative estimate of drug-likeness (QED) is 0.875. The normalized spacial score (nSPS) is 11.4. The van der Waals surface area contributed by atoms with Crippen LogP contribution in [0.2, 0.25) is 0 Å². The van der Waals surface area contributed by atoms with Crippen molar-refractivity contribution in [2.75, 3.05) is 4.72 Å². The summed E-state index contributed by atoms with van der Waals surface area (Å²) in [6.45, 7) is 1.71. The summed E-state index contributed by atoms with van der Waals surface area (Å²) < 4.78 is 31.1. The van der Waals surface area contributed by atoms with Gasteiger partial charge in [-0.25, -0.2) is 13.1 Å². The third kappa shape index (κ3) is 2.91. The highest BCUT2D eigenvalue weighted by atomic mass is 79.9. The standard InChI is InChI=1S/C11H11BrN2O3S/c1-8-6-11(17-13-8)14-18(15,16)10-4-2-9(7-12)3-5-10/h2-6,14H,7H2,1H3. The van der Waals surface area contributed by atoms with Crippen LogP contribution in [0.15, 0.2) is 39.8 Å². The van der Waals surface area contributed by atoms with Crippen LogP contribution >= 0.6 is 15.9 Å². The summed E-state index contributed by atoms with van der Waals surface area (Å²) in [5, 5.41) is 4.30. The Kier molecular flexibility index (Phi) is 3.72. The minimum absolute atomic E-state index is 0.108. The Morgan fingerprint density at radius 2 is 2.00 bits per heavy atom. The molecule has 0 aliphatic rings. The molecule has 1 N–H and O–H groups in total. The Bertz CT molecular complexity index is 635. The van der Waals surface area contributed by atoms with E-state index in [0.29, 0.717) is 11.0 Å². The molecule has 0 aliphatic heterocycles. The molecule has 1 aromatic heterocycles. The number of nitrogens with zero attached hydrogens (tertiary/aromatic N) is 1. The van der Waals surface area contributed by atoms with Gasteiger partial charge in [0, 0.05) is 11.4 Å². The average molecular weight is 331 g/mol. The maximum atomic E-state index is 12.0. The second-order valence-corrected chi connectivity index (χ2v) is 5.96. The van der Waals surface area contributed by atoms with Crippen molar-refractivity contribution in [1.29, 1.82) is 0 Å². The molecular formula is C11H11BrN2O3S. The maximum Gasteiger partial charge on any atom is 0.264 e. The van der Waals surface area contributed by atoms with E-state index in [4.69, 9.17) is 4.52 Å². The molecule has 0 fully saturated rings. The van der Waals surface area contributed by atoms with Crippen LogP contribution in [0.5, 0.6) is 0 Å². The second-order valence-electron chi connectivity index (χ2n) is 3.72. The lowest BCUT2D eigenvalue weighted by atomic mass is 10.2. The molecule has 0 amide bonds. The van der Waals surface area contributed by atoms with Gasteiger partial charge in [0.15, 0.2) is 0 Å². The lowest BCUT2D eigenvalue weighted by Gasteiger charge is -2.05. The van der Waals surface area contributed by atoms with Crippen LogP contribution in [0.4, 0.5) is 5.88 Å². The van der Waals surface area contributed by atoms with Crippen LogP contribution in [-0.4, -0.2) is 13.6 Å². The number of rotatable bonds is 4. The van der Waals surface area contributed by atoms with Crippen LogP contribution in [0.25, 0.3) is 0 Å². The highest BCUT2D eigenvalue weighted by molar-refractivity contribution is 9.08. The van der Waals surface area contributed by atoms with Crippen LogP contribution in [0.3, 0.4) is 0 Å². The molecule has 0 radical (unpaired) electrons. The molecule has 18 heavy (non-hydrogen) atoms. The fourth-order valence-electron chi connectivity index (χ4n) is 1.36. The summed E-state index contributed by atoms with van der Waals surface area (Å²) in [6, 6.07) is 8.10. The molecular weight excluding hydrogens is 320 g/mol. The molecule has 1 aromatic carbocycles. The lowest BCUT2D eigenvalue weighted by molar-refractivity contribution is 0.430. The number of aromatic nitrogens is 1. The van der Waals surface area contributed by atoms with Crippen LogP contribution < -0.4 is 4.72 Å². The van der Waals surface area contributed by atoms with E-state index >= 15 is 0 Å². The van der Waals surface area contributed by atoms with Crippen molar-refractivity contribution in [3.05, 3.63) is 41.6 Å². The molecule has 96 valence electrons. The largest absolute Gasteiger partial charge is 0.338 e. The smallest absolute Gasteiger partial charge is 0.264 e. The predicted molar refractivity (Wildman–Crippen MR) is 71.1 cm³/mol. The molecule has 0 spiro atoms. The van der Waals surface area contributed by atoms with Crippen LogP contribution in [-0.2, 0) is 15.4 Å². The molecule has 0 saturated carbocycles. The second kappa shape index (κ2) is 5.11. The molecule has 0 saturated heterocycles. The van der Waals surface area contributed by atoms with Crippen molar-refractivity contribution in [3.63, 3.8) is 0 Å². The minimum atomic E-state index is -3.62. The van der Waals surface area contributed by atoms with E-state index in [2.05, 4.69) is 25.8 Å². The number of sulfonamides is 1. The molecule has 1 heterocycles. The Hall–Kier alpha value is -1.34. The Morgan fingerprint density at radius 3 is 2.50 bits per heavy atom. The summed E-state index contributed by atoms with van der Waals surface area (Å²) >= 11 is 3.30. The summed E-state index contributed by atoms with van der Waals surface area (Å²) in [4.78, 5) is 0.182. The zero-order valence-electron chi connectivity index (χ0n) is 9.55. The number of anilines is 1. The van der Waals surface area contributed by atoms with Gasteiger partial charge in [-0.15, -0.1) is 0 Å². The average Bonchev–Trinajstić information content (AvgIpc) is 2.74. The molecule has 5 nitrogen and oxygen atoms in total. The Balaban J connectivity index is 2.24. The van der Waals surface area contributed by atoms with E-state index in [-0.39, 0.29) is 10.8 Å². The highest BCUT2D eigenvalue weighted by Crippen LogP contribution is 2.17. The van der Waals surface area contributed by atoms with Gasteiger partial charge >= 0.3 is 0 Å². The zero-order chi connectivity index (χ0) is 13.2. The third-order valence-corrected chi connectivity index (χ3v) is 4.26. The van der Waals surface area contributed by atoms with E-state index < -0.39 is 10.0 Å². The molecule has 0 unspecified atom stereocenters. The van der Waals surface area contributed by atoms with Crippen molar-refractivity contribution in [3.8, 4) is 0 Å². The van der Waals surface area contributed by atoms with Crippen molar-refractivity contribution in [1.82, 2.24) is 5.16 Å². The van der Waals surface area contributed by atoms with E-state index in [1.165, 1.54) is 6.07 Å². The summed E-state index contributed by atoms with van der Waals surface area (Å²) in [5.74, 6) is 0.108. The van der Waals surface area contributed by atoms with Crippen LogP contribution in [0, 0.1) is 6.92 Å². The first-order valence-electron chi connectivity index (χ1n) is 5.12. The van der Waals surface area contributed by atoms with E-state index in [1.807, 2.05) is 0 Å². The highest BCUT2D eigenvalue weighted by Gasteiger charge is 2.16. The van der Waals surface area contributed by atoms with Crippen LogP contribution in [0.1, 0.15) is 11.3 Å². The summed E-state index contributed by atoms with van der Waals surface area (Å²) in [5.41, 5.74) is 1.62. The first-order chi connectivity index (χ1) is 8.51. The van der Waals surface area contributed by atoms with Crippen molar-refractivity contribution < 1.29 is 12.9 Å². The van der Waals surface area contributed by atoms with Gasteiger partial charge in [-0.2, -0.15) is 0 Å². The van der Waals surface area contributed by atoms with Gasteiger partial charge < -0.3 is 4.52 Å². The number of hydrogen-bond donors (Lipinski definition) is 1.